The Morgan fingerprint density at radius 3 is 2.31 bits per heavy atom. The van der Waals surface area contributed by atoms with Gasteiger partial charge in [0, 0.05) is 32.0 Å². The van der Waals surface area contributed by atoms with Crippen molar-refractivity contribution in [1.82, 2.24) is 9.46 Å². The molecule has 1 N–H and O–H groups in total. The number of amides is 1. The molecule has 152 valence electrons. The monoisotopic (exact) mass is 413 g/mol. The van der Waals surface area contributed by atoms with Crippen molar-refractivity contribution >= 4 is 21.7 Å². The maximum absolute atomic E-state index is 12.9. The first kappa shape index (κ1) is 20.8. The molecule has 2 aromatic carbocycles. The number of sulfonamides is 1. The van der Waals surface area contributed by atoms with E-state index in [4.69, 9.17) is 4.52 Å². The molecule has 1 amide bonds. The fourth-order valence-corrected chi connectivity index (χ4v) is 4.27. The van der Waals surface area contributed by atoms with Crippen molar-refractivity contribution in [2.24, 2.45) is 0 Å². The zero-order chi connectivity index (χ0) is 20.9. The summed E-state index contributed by atoms with van der Waals surface area (Å²) in [6.07, 6.45) is 0.102. The maximum Gasteiger partial charge on any atom is 0.242 e. The van der Waals surface area contributed by atoms with Gasteiger partial charge in [-0.05, 0) is 24.6 Å². The Bertz CT molecular complexity index is 1050. The molecule has 0 aliphatic carbocycles. The molecule has 0 saturated heterocycles. The minimum Gasteiger partial charge on any atom is -0.360 e. The molecule has 3 aromatic rings. The zero-order valence-corrected chi connectivity index (χ0v) is 17.1. The van der Waals surface area contributed by atoms with Crippen molar-refractivity contribution in [1.29, 1.82) is 0 Å². The summed E-state index contributed by atoms with van der Waals surface area (Å²) in [4.78, 5) is 12.8. The Balaban J connectivity index is 1.78. The Hall–Kier alpha value is -2.97. The Kier molecular flexibility index (Phi) is 6.46. The highest BCUT2D eigenvalue weighted by atomic mass is 32.2. The minimum atomic E-state index is -3.66. The lowest BCUT2D eigenvalue weighted by Gasteiger charge is -2.24. The number of hydrogen-bond acceptors (Lipinski definition) is 5. The largest absolute Gasteiger partial charge is 0.360 e. The van der Waals surface area contributed by atoms with Gasteiger partial charge in [0.1, 0.15) is 5.76 Å². The van der Waals surface area contributed by atoms with Crippen molar-refractivity contribution in [3.8, 4) is 0 Å². The second kappa shape index (κ2) is 9.02. The summed E-state index contributed by atoms with van der Waals surface area (Å²) >= 11 is 0. The third-order valence-corrected chi connectivity index (χ3v) is 6.36. The van der Waals surface area contributed by atoms with Crippen LogP contribution in [0.4, 0.5) is 5.82 Å². The molecule has 1 heterocycles. The number of nitrogens with zero attached hydrogens (tertiary/aromatic N) is 2. The third kappa shape index (κ3) is 5.30. The van der Waals surface area contributed by atoms with Crippen molar-refractivity contribution < 1.29 is 17.7 Å². The summed E-state index contributed by atoms with van der Waals surface area (Å²) in [6, 6.07) is 19.3. The molecule has 7 nitrogen and oxygen atoms in total. The first-order valence-electron chi connectivity index (χ1n) is 9.16. The van der Waals surface area contributed by atoms with Gasteiger partial charge in [0.2, 0.25) is 15.9 Å². The van der Waals surface area contributed by atoms with Crippen molar-refractivity contribution in [3.63, 3.8) is 0 Å². The molecule has 0 aliphatic heterocycles. The number of benzene rings is 2. The van der Waals surface area contributed by atoms with Crippen LogP contribution < -0.4 is 5.32 Å². The third-order valence-electron chi connectivity index (χ3n) is 4.53. The molecule has 0 aliphatic rings. The van der Waals surface area contributed by atoms with E-state index in [2.05, 4.69) is 10.5 Å². The summed E-state index contributed by atoms with van der Waals surface area (Å²) in [6.45, 7) is 1.89. The van der Waals surface area contributed by atoms with E-state index in [0.717, 1.165) is 5.56 Å². The van der Waals surface area contributed by atoms with E-state index in [0.29, 0.717) is 11.6 Å². The van der Waals surface area contributed by atoms with Gasteiger partial charge in [-0.15, -0.1) is 0 Å². The number of anilines is 1. The average Bonchev–Trinajstić information content (AvgIpc) is 3.13. The van der Waals surface area contributed by atoms with E-state index in [1.807, 2.05) is 30.3 Å². The van der Waals surface area contributed by atoms with E-state index in [-0.39, 0.29) is 29.7 Å². The zero-order valence-electron chi connectivity index (χ0n) is 16.3. The smallest absolute Gasteiger partial charge is 0.242 e. The molecule has 0 radical (unpaired) electrons. The first-order valence-corrected chi connectivity index (χ1v) is 10.6. The van der Waals surface area contributed by atoms with Gasteiger partial charge in [0.15, 0.2) is 5.82 Å². The minimum absolute atomic E-state index is 0.102. The maximum atomic E-state index is 12.9. The topological polar surface area (TPSA) is 92.5 Å². The van der Waals surface area contributed by atoms with Crippen LogP contribution in [-0.4, -0.2) is 37.4 Å². The summed E-state index contributed by atoms with van der Waals surface area (Å²) in [5.41, 5.74) is 0.883. The molecule has 0 saturated carbocycles. The predicted octanol–water partition coefficient (Wildman–Crippen LogP) is 3.42. The normalized spacial score (nSPS) is 12.7. The van der Waals surface area contributed by atoms with Crippen LogP contribution in [0.1, 0.15) is 23.7 Å². The van der Waals surface area contributed by atoms with Crippen molar-refractivity contribution in [3.05, 3.63) is 78.1 Å². The average molecular weight is 413 g/mol. The molecule has 0 unspecified atom stereocenters. The molecule has 29 heavy (non-hydrogen) atoms. The Morgan fingerprint density at radius 2 is 1.72 bits per heavy atom. The number of carbonyl (C=O) groups excluding carboxylic acids is 1. The number of likely N-dealkylation sites (N-methyl/N-ethyl adjacent to an activating group) is 1. The van der Waals surface area contributed by atoms with Crippen LogP contribution in [0.15, 0.2) is 76.1 Å². The van der Waals surface area contributed by atoms with Crippen LogP contribution in [0.2, 0.25) is 0 Å². The highest BCUT2D eigenvalue weighted by Crippen LogP contribution is 2.24. The second-order valence-corrected chi connectivity index (χ2v) is 8.83. The van der Waals surface area contributed by atoms with E-state index in [9.17, 15) is 13.2 Å². The molecular weight excluding hydrogens is 390 g/mol. The van der Waals surface area contributed by atoms with Gasteiger partial charge in [-0.1, -0.05) is 53.7 Å². The number of aryl methyl sites for hydroxylation is 1. The lowest BCUT2D eigenvalue weighted by Crippen LogP contribution is -2.32. The molecule has 3 rings (SSSR count). The van der Waals surface area contributed by atoms with Gasteiger partial charge in [0.05, 0.1) is 4.90 Å². The molecule has 0 bridgehead atoms. The summed E-state index contributed by atoms with van der Waals surface area (Å²) in [5.74, 6) is 0.337. The van der Waals surface area contributed by atoms with Gasteiger partial charge in [-0.2, -0.15) is 0 Å². The van der Waals surface area contributed by atoms with Gasteiger partial charge in [0.25, 0.3) is 0 Å². The SMILES string of the molecule is Cc1cc(NC(=O)C[C@H](CN(C)S(=O)(=O)c2ccccc2)c2ccccc2)no1. The van der Waals surface area contributed by atoms with Crippen LogP contribution in [0.25, 0.3) is 0 Å². The summed E-state index contributed by atoms with van der Waals surface area (Å²) in [7, 11) is -2.13. The molecule has 0 spiro atoms. The molecular formula is C21H23N3O4S. The standard InChI is InChI=1S/C21H23N3O4S/c1-16-13-20(23-28-16)22-21(25)14-18(17-9-5-3-6-10-17)15-24(2)29(26,27)19-11-7-4-8-12-19/h3-13,18H,14-15H2,1-2H3,(H,22,23,25)/t18-/m1/s1. The van der Waals surface area contributed by atoms with Gasteiger partial charge >= 0.3 is 0 Å². The van der Waals surface area contributed by atoms with Gasteiger partial charge < -0.3 is 9.84 Å². The van der Waals surface area contributed by atoms with E-state index >= 15 is 0 Å². The van der Waals surface area contributed by atoms with Crippen molar-refractivity contribution in [2.75, 3.05) is 18.9 Å². The van der Waals surface area contributed by atoms with Crippen LogP contribution in [0.5, 0.6) is 0 Å². The van der Waals surface area contributed by atoms with Crippen LogP contribution in [0, 0.1) is 6.92 Å². The predicted molar refractivity (Wildman–Crippen MR) is 110 cm³/mol. The fraction of sp³-hybridized carbons (Fsp3) is 0.238. The molecule has 1 atom stereocenters. The van der Waals surface area contributed by atoms with Crippen LogP contribution in [-0.2, 0) is 14.8 Å². The number of aromatic nitrogens is 1. The number of hydrogen-bond donors (Lipinski definition) is 1. The van der Waals surface area contributed by atoms with Gasteiger partial charge in [-0.25, -0.2) is 12.7 Å². The second-order valence-electron chi connectivity index (χ2n) is 6.78. The summed E-state index contributed by atoms with van der Waals surface area (Å²) in [5, 5.41) is 6.46. The van der Waals surface area contributed by atoms with Crippen molar-refractivity contribution in [2.45, 2.75) is 24.2 Å². The Morgan fingerprint density at radius 1 is 1.10 bits per heavy atom. The first-order chi connectivity index (χ1) is 13.9. The van der Waals surface area contributed by atoms with E-state index in [1.165, 1.54) is 11.4 Å². The van der Waals surface area contributed by atoms with Crippen LogP contribution in [0.3, 0.4) is 0 Å². The van der Waals surface area contributed by atoms with Gasteiger partial charge in [-0.3, -0.25) is 4.79 Å². The number of carbonyl (C=O) groups is 1. The van der Waals surface area contributed by atoms with Crippen LogP contribution >= 0.6 is 0 Å². The summed E-state index contributed by atoms with van der Waals surface area (Å²) < 4.78 is 32.0. The lowest BCUT2D eigenvalue weighted by molar-refractivity contribution is -0.116. The van der Waals surface area contributed by atoms with E-state index in [1.54, 1.807) is 43.3 Å². The highest BCUT2D eigenvalue weighted by Gasteiger charge is 2.26. The van der Waals surface area contributed by atoms with E-state index < -0.39 is 10.0 Å². The quantitative estimate of drug-likeness (QED) is 0.611. The fourth-order valence-electron chi connectivity index (χ4n) is 3.04. The number of rotatable bonds is 8. The Labute approximate surface area is 170 Å². The lowest BCUT2D eigenvalue weighted by atomic mass is 9.95. The number of nitrogens with one attached hydrogen (secondary N) is 1. The molecule has 8 heteroatoms. The highest BCUT2D eigenvalue weighted by molar-refractivity contribution is 7.89. The molecule has 1 aromatic heterocycles. The molecule has 0 fully saturated rings.